The zero-order valence-electron chi connectivity index (χ0n) is 12.0. The van der Waals surface area contributed by atoms with Gasteiger partial charge in [0.1, 0.15) is 0 Å². The summed E-state index contributed by atoms with van der Waals surface area (Å²) in [5.74, 6) is 0. The lowest BCUT2D eigenvalue weighted by atomic mass is 10.2. The monoisotopic (exact) mass is 241 g/mol. The topological polar surface area (TPSA) is 18.5 Å². The molecule has 17 heavy (non-hydrogen) atoms. The lowest BCUT2D eigenvalue weighted by Gasteiger charge is -2.24. The summed E-state index contributed by atoms with van der Waals surface area (Å²) < 4.78 is 0. The Bertz CT molecular complexity index is 174. The molecule has 1 N–H and O–H groups in total. The number of nitrogens with zero attached hydrogens (tertiary/aromatic N) is 2. The molecule has 0 aromatic carbocycles. The molecule has 0 bridgehead atoms. The van der Waals surface area contributed by atoms with E-state index in [-0.39, 0.29) is 0 Å². The second-order valence-electron chi connectivity index (χ2n) is 5.20. The fraction of sp³-hybridized carbons (Fsp3) is 1.00. The summed E-state index contributed by atoms with van der Waals surface area (Å²) >= 11 is 0. The lowest BCUT2D eigenvalue weighted by Crippen LogP contribution is -2.38. The van der Waals surface area contributed by atoms with Crippen molar-refractivity contribution >= 4 is 0 Å². The van der Waals surface area contributed by atoms with Crippen molar-refractivity contribution in [2.24, 2.45) is 0 Å². The first kappa shape index (κ1) is 14.9. The summed E-state index contributed by atoms with van der Waals surface area (Å²) in [5, 5.41) is 3.56. The summed E-state index contributed by atoms with van der Waals surface area (Å²) in [6.45, 7) is 11.4. The van der Waals surface area contributed by atoms with Gasteiger partial charge in [-0.05, 0) is 33.0 Å². The van der Waals surface area contributed by atoms with Crippen LogP contribution < -0.4 is 5.32 Å². The van der Waals surface area contributed by atoms with Gasteiger partial charge in [-0.2, -0.15) is 0 Å². The highest BCUT2D eigenvalue weighted by Crippen LogP contribution is 2.21. The number of likely N-dealkylation sites (N-methyl/N-ethyl adjacent to an activating group) is 2. The SMILES string of the molecule is CCN(CC)CCNCCN(C)C1CCCC1. The molecule has 102 valence electrons. The molecular formula is C14H31N3. The summed E-state index contributed by atoms with van der Waals surface area (Å²) in [6, 6.07) is 0.861. The van der Waals surface area contributed by atoms with Gasteiger partial charge in [0.2, 0.25) is 0 Å². The highest BCUT2D eigenvalue weighted by molar-refractivity contribution is 4.75. The van der Waals surface area contributed by atoms with E-state index in [1.54, 1.807) is 0 Å². The van der Waals surface area contributed by atoms with Gasteiger partial charge in [-0.15, -0.1) is 0 Å². The van der Waals surface area contributed by atoms with Crippen molar-refractivity contribution in [3.63, 3.8) is 0 Å². The second kappa shape index (κ2) is 8.90. The van der Waals surface area contributed by atoms with E-state index < -0.39 is 0 Å². The standard InChI is InChI=1S/C14H31N3/c1-4-17(5-2)13-11-15-10-12-16(3)14-8-6-7-9-14/h14-15H,4-13H2,1-3H3. The van der Waals surface area contributed by atoms with Gasteiger partial charge >= 0.3 is 0 Å². The molecule has 0 radical (unpaired) electrons. The predicted molar refractivity (Wildman–Crippen MR) is 75.5 cm³/mol. The highest BCUT2D eigenvalue weighted by Gasteiger charge is 2.18. The van der Waals surface area contributed by atoms with Crippen molar-refractivity contribution in [3.8, 4) is 0 Å². The van der Waals surface area contributed by atoms with Crippen LogP contribution in [-0.2, 0) is 0 Å². The van der Waals surface area contributed by atoms with Gasteiger partial charge in [0.25, 0.3) is 0 Å². The number of hydrogen-bond acceptors (Lipinski definition) is 3. The van der Waals surface area contributed by atoms with Crippen LogP contribution in [0.15, 0.2) is 0 Å². The Hall–Kier alpha value is -0.120. The van der Waals surface area contributed by atoms with Crippen molar-refractivity contribution in [1.29, 1.82) is 0 Å². The fourth-order valence-corrected chi connectivity index (χ4v) is 2.69. The third-order valence-corrected chi connectivity index (χ3v) is 4.09. The van der Waals surface area contributed by atoms with E-state index in [0.29, 0.717) is 0 Å². The maximum Gasteiger partial charge on any atom is 0.0107 e. The molecule has 0 amide bonds. The van der Waals surface area contributed by atoms with Crippen LogP contribution in [0, 0.1) is 0 Å². The van der Waals surface area contributed by atoms with Crippen LogP contribution in [0.3, 0.4) is 0 Å². The summed E-state index contributed by atoms with van der Waals surface area (Å²) in [7, 11) is 2.28. The zero-order chi connectivity index (χ0) is 12.5. The van der Waals surface area contributed by atoms with Gasteiger partial charge in [0, 0.05) is 32.2 Å². The normalized spacial score (nSPS) is 17.5. The Balaban J connectivity index is 1.96. The maximum atomic E-state index is 3.56. The van der Waals surface area contributed by atoms with E-state index in [2.05, 4.69) is 36.0 Å². The van der Waals surface area contributed by atoms with E-state index >= 15 is 0 Å². The Labute approximate surface area is 108 Å². The minimum absolute atomic E-state index is 0.861. The molecule has 3 nitrogen and oxygen atoms in total. The molecule has 1 saturated carbocycles. The lowest BCUT2D eigenvalue weighted by molar-refractivity contribution is 0.242. The van der Waals surface area contributed by atoms with Gasteiger partial charge in [-0.3, -0.25) is 0 Å². The molecule has 1 rings (SSSR count). The summed E-state index contributed by atoms with van der Waals surface area (Å²) in [5.41, 5.74) is 0. The molecule has 0 saturated heterocycles. The maximum absolute atomic E-state index is 3.56. The third kappa shape index (κ3) is 5.84. The first-order chi connectivity index (χ1) is 8.27. The smallest absolute Gasteiger partial charge is 0.0107 e. The van der Waals surface area contributed by atoms with Crippen LogP contribution in [-0.4, -0.2) is 62.2 Å². The second-order valence-corrected chi connectivity index (χ2v) is 5.20. The van der Waals surface area contributed by atoms with Crippen molar-refractivity contribution in [1.82, 2.24) is 15.1 Å². The van der Waals surface area contributed by atoms with Crippen LogP contribution >= 0.6 is 0 Å². The van der Waals surface area contributed by atoms with E-state index in [9.17, 15) is 0 Å². The molecule has 0 spiro atoms. The van der Waals surface area contributed by atoms with Crippen molar-refractivity contribution in [2.45, 2.75) is 45.6 Å². The van der Waals surface area contributed by atoms with Gasteiger partial charge in [-0.25, -0.2) is 0 Å². The molecule has 1 aliphatic rings. The van der Waals surface area contributed by atoms with Crippen LogP contribution in [0.4, 0.5) is 0 Å². The molecule has 0 aromatic heterocycles. The van der Waals surface area contributed by atoms with Crippen LogP contribution in [0.2, 0.25) is 0 Å². The molecule has 0 aromatic rings. The summed E-state index contributed by atoms with van der Waals surface area (Å²) in [4.78, 5) is 5.01. The number of rotatable bonds is 9. The van der Waals surface area contributed by atoms with Gasteiger partial charge in [0.05, 0.1) is 0 Å². The molecular weight excluding hydrogens is 210 g/mol. The van der Waals surface area contributed by atoms with Crippen molar-refractivity contribution in [3.05, 3.63) is 0 Å². The number of nitrogens with one attached hydrogen (secondary N) is 1. The van der Waals surface area contributed by atoms with Gasteiger partial charge in [-0.1, -0.05) is 26.7 Å². The fourth-order valence-electron chi connectivity index (χ4n) is 2.69. The summed E-state index contributed by atoms with van der Waals surface area (Å²) in [6.07, 6.45) is 5.70. The average molecular weight is 241 g/mol. The van der Waals surface area contributed by atoms with Crippen LogP contribution in [0.25, 0.3) is 0 Å². The Morgan fingerprint density at radius 2 is 1.59 bits per heavy atom. The molecule has 0 atom stereocenters. The molecule has 1 fully saturated rings. The molecule has 0 heterocycles. The third-order valence-electron chi connectivity index (χ3n) is 4.09. The molecule has 0 aliphatic heterocycles. The highest BCUT2D eigenvalue weighted by atomic mass is 15.2. The van der Waals surface area contributed by atoms with E-state index in [1.165, 1.54) is 51.9 Å². The largest absolute Gasteiger partial charge is 0.314 e. The van der Waals surface area contributed by atoms with E-state index in [0.717, 1.165) is 19.1 Å². The minimum atomic E-state index is 0.861. The Morgan fingerprint density at radius 1 is 1.00 bits per heavy atom. The quantitative estimate of drug-likeness (QED) is 0.621. The van der Waals surface area contributed by atoms with Crippen molar-refractivity contribution in [2.75, 3.05) is 46.3 Å². The Kier molecular flexibility index (Phi) is 7.82. The van der Waals surface area contributed by atoms with E-state index in [1.807, 2.05) is 0 Å². The predicted octanol–water partition coefficient (Wildman–Crippen LogP) is 1.79. The molecule has 1 aliphatic carbocycles. The molecule has 3 heteroatoms. The van der Waals surface area contributed by atoms with E-state index in [4.69, 9.17) is 0 Å². The minimum Gasteiger partial charge on any atom is -0.314 e. The Morgan fingerprint density at radius 3 is 2.18 bits per heavy atom. The first-order valence-corrected chi connectivity index (χ1v) is 7.41. The zero-order valence-corrected chi connectivity index (χ0v) is 12.0. The van der Waals surface area contributed by atoms with Crippen LogP contribution in [0.5, 0.6) is 0 Å². The van der Waals surface area contributed by atoms with Crippen LogP contribution in [0.1, 0.15) is 39.5 Å². The molecule has 0 unspecified atom stereocenters. The van der Waals surface area contributed by atoms with Gasteiger partial charge in [0.15, 0.2) is 0 Å². The number of hydrogen-bond donors (Lipinski definition) is 1. The van der Waals surface area contributed by atoms with Gasteiger partial charge < -0.3 is 15.1 Å². The first-order valence-electron chi connectivity index (χ1n) is 7.41. The van der Waals surface area contributed by atoms with Crippen molar-refractivity contribution < 1.29 is 0 Å². The average Bonchev–Trinajstić information content (AvgIpc) is 2.87.